The fraction of sp³-hybridized carbons (Fsp3) is 0.0435. The molecule has 0 unspecified atom stereocenters. The average molecular weight is 407 g/mol. The number of rotatable bonds is 4. The Morgan fingerprint density at radius 2 is 1.70 bits per heavy atom. The first kappa shape index (κ1) is 19.4. The van der Waals surface area contributed by atoms with E-state index in [1.807, 2.05) is 30.3 Å². The normalized spacial score (nSPS) is 11.8. The molecule has 0 aliphatic heterocycles. The zero-order valence-electron chi connectivity index (χ0n) is 15.6. The smallest absolute Gasteiger partial charge is 0.316 e. The summed E-state index contributed by atoms with van der Waals surface area (Å²) in [5.41, 5.74) is 3.10. The Hall–Kier alpha value is -3.87. The van der Waals surface area contributed by atoms with Crippen LogP contribution in [0, 0.1) is 0 Å². The molecule has 0 saturated heterocycles. The van der Waals surface area contributed by atoms with Gasteiger partial charge < -0.3 is 4.57 Å². The molecule has 0 radical (unpaired) electrons. The van der Waals surface area contributed by atoms with Crippen molar-refractivity contribution < 1.29 is 18.0 Å². The van der Waals surface area contributed by atoms with Crippen LogP contribution < -0.4 is 5.43 Å². The molecular formula is C23H16F3N3O. The van der Waals surface area contributed by atoms with E-state index >= 15 is 0 Å². The summed E-state index contributed by atoms with van der Waals surface area (Å²) in [5, 5.41) is 5.73. The van der Waals surface area contributed by atoms with Crippen molar-refractivity contribution >= 4 is 22.9 Å². The second-order valence-electron chi connectivity index (χ2n) is 6.58. The van der Waals surface area contributed by atoms with E-state index in [1.54, 1.807) is 41.1 Å². The highest BCUT2D eigenvalue weighted by Gasteiger charge is 2.30. The number of hydrazone groups is 1. The van der Waals surface area contributed by atoms with E-state index in [0.717, 1.165) is 22.9 Å². The van der Waals surface area contributed by atoms with Gasteiger partial charge in [-0.25, -0.2) is 5.43 Å². The minimum absolute atomic E-state index is 0.344. The number of halogens is 3. The van der Waals surface area contributed by atoms with Crippen molar-refractivity contribution in [2.75, 3.05) is 0 Å². The van der Waals surface area contributed by atoms with E-state index in [1.165, 1.54) is 12.3 Å². The minimum Gasteiger partial charge on any atom is -0.316 e. The van der Waals surface area contributed by atoms with Gasteiger partial charge in [-0.1, -0.05) is 42.5 Å². The Morgan fingerprint density at radius 3 is 2.53 bits per heavy atom. The van der Waals surface area contributed by atoms with Gasteiger partial charge in [-0.05, 0) is 47.2 Å². The van der Waals surface area contributed by atoms with Crippen LogP contribution in [0.1, 0.15) is 21.6 Å². The van der Waals surface area contributed by atoms with E-state index in [2.05, 4.69) is 10.5 Å². The molecule has 4 rings (SSSR count). The third-order valence-corrected chi connectivity index (χ3v) is 4.63. The summed E-state index contributed by atoms with van der Waals surface area (Å²) in [6, 6.07) is 21.3. The van der Waals surface area contributed by atoms with Crippen LogP contribution in [0.5, 0.6) is 0 Å². The second-order valence-corrected chi connectivity index (χ2v) is 6.58. The standard InChI is InChI=1S/C23H16F3N3O/c24-23(25,26)17-8-4-9-18(14-17)29-13-5-10-19(29)15-27-28-22(30)21-12-3-7-16-6-1-2-11-20(16)21/h1-15H,(H,28,30). The summed E-state index contributed by atoms with van der Waals surface area (Å²) in [6.45, 7) is 0. The van der Waals surface area contributed by atoms with Crippen LogP contribution in [0.4, 0.5) is 13.2 Å². The van der Waals surface area contributed by atoms with Crippen LogP contribution in [0.2, 0.25) is 0 Å². The molecule has 0 fully saturated rings. The van der Waals surface area contributed by atoms with Crippen molar-refractivity contribution in [3.8, 4) is 5.69 Å². The van der Waals surface area contributed by atoms with Gasteiger partial charge in [-0.15, -0.1) is 0 Å². The fourth-order valence-corrected chi connectivity index (χ4v) is 3.21. The zero-order valence-corrected chi connectivity index (χ0v) is 15.6. The number of fused-ring (bicyclic) bond motifs is 1. The number of hydrogen-bond acceptors (Lipinski definition) is 2. The Labute approximate surface area is 170 Å². The van der Waals surface area contributed by atoms with Gasteiger partial charge in [0.2, 0.25) is 0 Å². The highest BCUT2D eigenvalue weighted by molar-refractivity contribution is 6.07. The molecule has 30 heavy (non-hydrogen) atoms. The van der Waals surface area contributed by atoms with Gasteiger partial charge in [-0.3, -0.25) is 4.79 Å². The summed E-state index contributed by atoms with van der Waals surface area (Å²) in [7, 11) is 0. The van der Waals surface area contributed by atoms with Gasteiger partial charge in [0.25, 0.3) is 5.91 Å². The van der Waals surface area contributed by atoms with E-state index in [-0.39, 0.29) is 5.91 Å². The van der Waals surface area contributed by atoms with Gasteiger partial charge in [0.15, 0.2) is 0 Å². The van der Waals surface area contributed by atoms with E-state index in [9.17, 15) is 18.0 Å². The predicted octanol–water partition coefficient (Wildman–Crippen LogP) is 5.41. The van der Waals surface area contributed by atoms with Crippen LogP contribution in [-0.2, 0) is 6.18 Å². The predicted molar refractivity (Wildman–Crippen MR) is 110 cm³/mol. The molecular weight excluding hydrogens is 391 g/mol. The van der Waals surface area contributed by atoms with Crippen molar-refractivity contribution in [1.29, 1.82) is 0 Å². The van der Waals surface area contributed by atoms with E-state index in [4.69, 9.17) is 0 Å². The minimum atomic E-state index is -4.43. The van der Waals surface area contributed by atoms with Crippen LogP contribution in [0.25, 0.3) is 16.5 Å². The van der Waals surface area contributed by atoms with Crippen molar-refractivity contribution in [2.24, 2.45) is 5.10 Å². The monoisotopic (exact) mass is 407 g/mol. The maximum Gasteiger partial charge on any atom is 0.416 e. The maximum absolute atomic E-state index is 13.0. The molecule has 1 aromatic heterocycles. The van der Waals surface area contributed by atoms with Crippen molar-refractivity contribution in [2.45, 2.75) is 6.18 Å². The molecule has 0 aliphatic rings. The quantitative estimate of drug-likeness (QED) is 0.357. The molecule has 0 atom stereocenters. The summed E-state index contributed by atoms with van der Waals surface area (Å²) < 4.78 is 40.5. The fourth-order valence-electron chi connectivity index (χ4n) is 3.21. The van der Waals surface area contributed by atoms with Crippen LogP contribution >= 0.6 is 0 Å². The van der Waals surface area contributed by atoms with Crippen LogP contribution in [0.15, 0.2) is 90.2 Å². The lowest BCUT2D eigenvalue weighted by molar-refractivity contribution is -0.137. The highest BCUT2D eigenvalue weighted by Crippen LogP contribution is 2.30. The number of amides is 1. The summed E-state index contributed by atoms with van der Waals surface area (Å²) in [5.74, 6) is -0.375. The molecule has 0 saturated carbocycles. The van der Waals surface area contributed by atoms with Gasteiger partial charge in [-0.2, -0.15) is 18.3 Å². The number of aromatic nitrogens is 1. The van der Waals surface area contributed by atoms with Gasteiger partial charge >= 0.3 is 6.18 Å². The van der Waals surface area contributed by atoms with Crippen LogP contribution in [0.3, 0.4) is 0 Å². The highest BCUT2D eigenvalue weighted by atomic mass is 19.4. The summed E-state index contributed by atoms with van der Waals surface area (Å²) in [6.07, 6.45) is -1.41. The molecule has 3 aromatic carbocycles. The largest absolute Gasteiger partial charge is 0.416 e. The maximum atomic E-state index is 13.0. The summed E-state index contributed by atoms with van der Waals surface area (Å²) in [4.78, 5) is 12.5. The lowest BCUT2D eigenvalue weighted by Gasteiger charge is -2.11. The van der Waals surface area contributed by atoms with Crippen molar-refractivity contribution in [3.63, 3.8) is 0 Å². The first-order valence-electron chi connectivity index (χ1n) is 9.10. The SMILES string of the molecule is O=C(NN=Cc1cccn1-c1cccc(C(F)(F)F)c1)c1cccc2ccccc12. The molecule has 1 N–H and O–H groups in total. The third kappa shape index (κ3) is 3.96. The van der Waals surface area contributed by atoms with E-state index < -0.39 is 11.7 Å². The third-order valence-electron chi connectivity index (χ3n) is 4.63. The van der Waals surface area contributed by atoms with Crippen LogP contribution in [-0.4, -0.2) is 16.7 Å². The van der Waals surface area contributed by atoms with Crippen molar-refractivity contribution in [1.82, 2.24) is 9.99 Å². The molecule has 1 amide bonds. The first-order chi connectivity index (χ1) is 14.4. The number of benzene rings is 3. The molecule has 150 valence electrons. The Balaban J connectivity index is 1.55. The molecule has 0 aliphatic carbocycles. The zero-order chi connectivity index (χ0) is 21.1. The first-order valence-corrected chi connectivity index (χ1v) is 9.10. The van der Waals surface area contributed by atoms with Gasteiger partial charge in [0.1, 0.15) is 0 Å². The summed E-state index contributed by atoms with van der Waals surface area (Å²) >= 11 is 0. The lowest BCUT2D eigenvalue weighted by atomic mass is 10.0. The molecule has 7 heteroatoms. The van der Waals surface area contributed by atoms with E-state index in [0.29, 0.717) is 16.9 Å². The Bertz CT molecular complexity index is 1240. The molecule has 1 heterocycles. The number of alkyl halides is 3. The van der Waals surface area contributed by atoms with Gasteiger partial charge in [0.05, 0.1) is 17.5 Å². The number of carbonyl (C=O) groups is 1. The molecule has 4 nitrogen and oxygen atoms in total. The lowest BCUT2D eigenvalue weighted by Crippen LogP contribution is -2.18. The number of nitrogens with zero attached hydrogens (tertiary/aromatic N) is 2. The Morgan fingerprint density at radius 1 is 0.933 bits per heavy atom. The number of nitrogens with one attached hydrogen (secondary N) is 1. The molecule has 4 aromatic rings. The number of carbonyl (C=O) groups excluding carboxylic acids is 1. The topological polar surface area (TPSA) is 46.4 Å². The van der Waals surface area contributed by atoms with Gasteiger partial charge in [0, 0.05) is 17.4 Å². The second kappa shape index (κ2) is 7.87. The Kier molecular flexibility index (Phi) is 5.10. The average Bonchev–Trinajstić information content (AvgIpc) is 3.21. The molecule has 0 spiro atoms. The van der Waals surface area contributed by atoms with Crippen molar-refractivity contribution in [3.05, 3.63) is 102 Å². The number of hydrogen-bond donors (Lipinski definition) is 1. The molecule has 0 bridgehead atoms.